The van der Waals surface area contributed by atoms with Crippen molar-refractivity contribution in [3.63, 3.8) is 0 Å². The predicted molar refractivity (Wildman–Crippen MR) is 134 cm³/mol. The van der Waals surface area contributed by atoms with E-state index in [0.717, 1.165) is 5.92 Å². The second kappa shape index (κ2) is 8.50. The van der Waals surface area contributed by atoms with E-state index in [9.17, 15) is 0 Å². The Bertz CT molecular complexity index is 852. The SMILES string of the molecule is CCCCC(CC)Cn1c2c[c]([Sn]([CH3])([CH3])[CH3])sc2c2s[c]([Sn]([CH3])([CH3])[CH3])cc21. The summed E-state index contributed by atoms with van der Waals surface area (Å²) >= 11 is 0.206. The van der Waals surface area contributed by atoms with Crippen molar-refractivity contribution in [3.05, 3.63) is 12.1 Å². The van der Waals surface area contributed by atoms with Gasteiger partial charge in [-0.3, -0.25) is 0 Å². The van der Waals surface area contributed by atoms with Crippen LogP contribution in [-0.4, -0.2) is 41.3 Å². The van der Waals surface area contributed by atoms with E-state index in [2.05, 4.69) is 82.9 Å². The van der Waals surface area contributed by atoms with Crippen molar-refractivity contribution in [3.8, 4) is 0 Å². The second-order valence-electron chi connectivity index (χ2n) is 10.2. The molecule has 3 aromatic rings. The van der Waals surface area contributed by atoms with Crippen LogP contribution in [0.15, 0.2) is 12.1 Å². The number of aromatic nitrogens is 1. The Kier molecular flexibility index (Phi) is 7.08. The molecule has 5 heteroatoms. The molecule has 27 heavy (non-hydrogen) atoms. The summed E-state index contributed by atoms with van der Waals surface area (Å²) in [5.41, 5.74) is 3.10. The molecule has 0 bridgehead atoms. The van der Waals surface area contributed by atoms with Crippen LogP contribution in [0.2, 0.25) is 29.6 Å². The van der Waals surface area contributed by atoms with Crippen molar-refractivity contribution >= 4 is 85.6 Å². The summed E-state index contributed by atoms with van der Waals surface area (Å²) in [7, 11) is 0. The minimum atomic E-state index is -2.03. The Morgan fingerprint density at radius 1 is 0.852 bits per heavy atom. The van der Waals surface area contributed by atoms with Gasteiger partial charge >= 0.3 is 184 Å². The molecule has 0 saturated heterocycles. The Hall–Kier alpha value is 0.797. The van der Waals surface area contributed by atoms with Crippen molar-refractivity contribution in [2.24, 2.45) is 5.92 Å². The molecule has 0 N–H and O–H groups in total. The van der Waals surface area contributed by atoms with Crippen LogP contribution in [-0.2, 0) is 6.54 Å². The maximum atomic E-state index is 2.73. The predicted octanol–water partition coefficient (Wildman–Crippen LogP) is 7.22. The van der Waals surface area contributed by atoms with Gasteiger partial charge in [0.1, 0.15) is 0 Å². The van der Waals surface area contributed by atoms with Crippen LogP contribution in [0.5, 0.6) is 0 Å². The molecule has 0 spiro atoms. The standard InChI is InChI=1S/C16H19NS2.6CH3.2Sn/c1-3-5-6-12(4-2)11-17-13-7-9-18-15(13)16-14(17)8-10-19-16;;;;;;;;/h7-8,12H,3-6,11H2,1-2H3;6*1H3;;. The average Bonchev–Trinajstić information content (AvgIpc) is 3.22. The Labute approximate surface area is 182 Å². The number of nitrogens with zero attached hydrogens (tertiary/aromatic N) is 1. The normalized spacial score (nSPS) is 14.5. The summed E-state index contributed by atoms with van der Waals surface area (Å²) in [6.07, 6.45) is 5.35. The Morgan fingerprint density at radius 2 is 1.33 bits per heavy atom. The molecule has 0 aliphatic carbocycles. The first-order chi connectivity index (χ1) is 12.6. The molecule has 0 fully saturated rings. The van der Waals surface area contributed by atoms with Gasteiger partial charge in [0, 0.05) is 0 Å². The zero-order chi connectivity index (χ0) is 20.0. The number of hydrogen-bond donors (Lipinski definition) is 0. The molecule has 0 amide bonds. The Morgan fingerprint density at radius 3 is 1.70 bits per heavy atom. The van der Waals surface area contributed by atoms with Crippen molar-refractivity contribution in [2.75, 3.05) is 0 Å². The summed E-state index contributed by atoms with van der Waals surface area (Å²) in [5.74, 6) is 0.812. The summed E-state index contributed by atoms with van der Waals surface area (Å²) in [6.45, 7) is 5.91. The second-order valence-corrected chi connectivity index (χ2v) is 43.1. The summed E-state index contributed by atoms with van der Waals surface area (Å²) in [4.78, 5) is 15.3. The van der Waals surface area contributed by atoms with Crippen molar-refractivity contribution < 1.29 is 0 Å². The number of rotatable bonds is 8. The molecule has 1 nitrogen and oxygen atoms in total. The molecular weight excluding hydrogens is 580 g/mol. The van der Waals surface area contributed by atoms with Crippen LogP contribution in [0.3, 0.4) is 0 Å². The zero-order valence-corrected chi connectivity index (χ0v) is 25.9. The molecule has 0 radical (unpaired) electrons. The topological polar surface area (TPSA) is 4.93 Å². The molecule has 0 aliphatic rings. The van der Waals surface area contributed by atoms with Gasteiger partial charge in [0.25, 0.3) is 0 Å². The van der Waals surface area contributed by atoms with Crippen LogP contribution in [0.4, 0.5) is 0 Å². The van der Waals surface area contributed by atoms with Gasteiger partial charge in [-0.05, 0) is 0 Å². The molecule has 1 atom stereocenters. The van der Waals surface area contributed by atoms with E-state index < -0.39 is 36.8 Å². The van der Waals surface area contributed by atoms with Gasteiger partial charge in [0.05, 0.1) is 0 Å². The van der Waals surface area contributed by atoms with E-state index in [1.54, 1.807) is 26.2 Å². The third-order valence-electron chi connectivity index (χ3n) is 5.68. The number of thiophene rings is 2. The number of unbranched alkanes of at least 4 members (excludes halogenated alkanes) is 1. The molecule has 3 rings (SSSR count). The maximum absolute atomic E-state index is 2.73. The summed E-state index contributed by atoms with van der Waals surface area (Å²) in [6, 6.07) is 5.19. The van der Waals surface area contributed by atoms with E-state index in [1.807, 2.05) is 0 Å². The quantitative estimate of drug-likeness (QED) is 0.236. The van der Waals surface area contributed by atoms with E-state index in [4.69, 9.17) is 0 Å². The van der Waals surface area contributed by atoms with Crippen LogP contribution >= 0.6 is 22.7 Å². The van der Waals surface area contributed by atoms with E-state index in [1.165, 1.54) is 32.2 Å². The van der Waals surface area contributed by atoms with E-state index >= 15 is 0 Å². The zero-order valence-electron chi connectivity index (χ0n) is 18.5. The van der Waals surface area contributed by atoms with Crippen LogP contribution in [0.1, 0.15) is 39.5 Å². The first kappa shape index (κ1) is 22.5. The van der Waals surface area contributed by atoms with Gasteiger partial charge in [0.15, 0.2) is 0 Å². The molecule has 3 heterocycles. The van der Waals surface area contributed by atoms with Gasteiger partial charge in [-0.15, -0.1) is 0 Å². The summed E-state index contributed by atoms with van der Waals surface area (Å²) in [5, 5.41) is 0. The van der Waals surface area contributed by atoms with Gasteiger partial charge in [-0.25, -0.2) is 0 Å². The third kappa shape index (κ3) is 4.77. The summed E-state index contributed by atoms with van der Waals surface area (Å²) < 4.78 is 9.40. The Balaban J connectivity index is 2.16. The van der Waals surface area contributed by atoms with Gasteiger partial charge in [-0.1, -0.05) is 0 Å². The van der Waals surface area contributed by atoms with E-state index in [0.29, 0.717) is 0 Å². The van der Waals surface area contributed by atoms with Gasteiger partial charge in [-0.2, -0.15) is 0 Å². The van der Waals surface area contributed by atoms with Crippen LogP contribution in [0, 0.1) is 5.92 Å². The van der Waals surface area contributed by atoms with Gasteiger partial charge < -0.3 is 0 Å². The molecule has 0 aliphatic heterocycles. The third-order valence-corrected chi connectivity index (χ3v) is 26.9. The first-order valence-electron chi connectivity index (χ1n) is 10.6. The first-order valence-corrected chi connectivity index (χ1v) is 32.2. The van der Waals surface area contributed by atoms with Crippen LogP contribution < -0.4 is 5.79 Å². The molecule has 0 aromatic carbocycles. The molecule has 0 saturated carbocycles. The fraction of sp³-hybridized carbons (Fsp3) is 0.636. The molecule has 150 valence electrons. The van der Waals surface area contributed by atoms with E-state index in [-0.39, 0.29) is 0 Å². The molecular formula is C22H37NS2Sn2. The van der Waals surface area contributed by atoms with Crippen molar-refractivity contribution in [2.45, 2.75) is 75.7 Å². The molecule has 1 unspecified atom stereocenters. The average molecular weight is 617 g/mol. The number of hydrogen-bond acceptors (Lipinski definition) is 2. The fourth-order valence-electron chi connectivity index (χ4n) is 3.73. The fourth-order valence-corrected chi connectivity index (χ4v) is 16.6. The van der Waals surface area contributed by atoms with Gasteiger partial charge in [0.2, 0.25) is 0 Å². The minimum absolute atomic E-state index is 0.812. The number of fused-ring (bicyclic) bond motifs is 3. The van der Waals surface area contributed by atoms with Crippen molar-refractivity contribution in [1.82, 2.24) is 4.57 Å². The monoisotopic (exact) mass is 619 g/mol. The molecule has 3 aromatic heterocycles. The van der Waals surface area contributed by atoms with Crippen LogP contribution in [0.25, 0.3) is 20.4 Å². The van der Waals surface area contributed by atoms with Crippen molar-refractivity contribution in [1.29, 1.82) is 0 Å².